The summed E-state index contributed by atoms with van der Waals surface area (Å²) in [5.74, 6) is 0. The fourth-order valence-electron chi connectivity index (χ4n) is 0.902. The lowest BCUT2D eigenvalue weighted by atomic mass is 10.4. The summed E-state index contributed by atoms with van der Waals surface area (Å²) in [5, 5.41) is 2.63. The Morgan fingerprint density at radius 3 is 2.15 bits per heavy atom. The van der Waals surface area contributed by atoms with Gasteiger partial charge in [-0.15, -0.1) is 0 Å². The lowest BCUT2D eigenvalue weighted by molar-refractivity contribution is 0.549. The number of hydrogen-bond donors (Lipinski definition) is 2. The standard InChI is InChI=1S/C8H20N2O2S/c1-5-9-6-8(4)13(11,12)10-7(2)3/h7-10H,5-6H2,1-4H3. The monoisotopic (exact) mass is 208 g/mol. The number of hydrogen-bond acceptors (Lipinski definition) is 3. The van der Waals surface area contributed by atoms with E-state index in [1.54, 1.807) is 6.92 Å². The quantitative estimate of drug-likeness (QED) is 0.660. The highest BCUT2D eigenvalue weighted by Crippen LogP contribution is 1.98. The van der Waals surface area contributed by atoms with Gasteiger partial charge in [-0.1, -0.05) is 6.92 Å². The summed E-state index contributed by atoms with van der Waals surface area (Å²) in [4.78, 5) is 0. The van der Waals surface area contributed by atoms with Crippen LogP contribution in [-0.2, 0) is 10.0 Å². The average molecular weight is 208 g/mol. The Labute approximate surface area is 81.2 Å². The first-order valence-electron chi connectivity index (χ1n) is 4.62. The van der Waals surface area contributed by atoms with E-state index in [2.05, 4.69) is 10.0 Å². The molecule has 0 saturated heterocycles. The van der Waals surface area contributed by atoms with Crippen LogP contribution < -0.4 is 10.0 Å². The van der Waals surface area contributed by atoms with Crippen LogP contribution in [0.4, 0.5) is 0 Å². The molecule has 0 aromatic carbocycles. The van der Waals surface area contributed by atoms with Crippen molar-refractivity contribution in [1.82, 2.24) is 10.0 Å². The minimum atomic E-state index is -3.14. The molecule has 0 bridgehead atoms. The van der Waals surface area contributed by atoms with Crippen LogP contribution in [0, 0.1) is 0 Å². The number of sulfonamides is 1. The highest BCUT2D eigenvalue weighted by molar-refractivity contribution is 7.90. The Morgan fingerprint density at radius 1 is 1.23 bits per heavy atom. The molecular formula is C8H20N2O2S. The predicted octanol–water partition coefficient (Wildman–Crippen LogP) is 0.312. The van der Waals surface area contributed by atoms with Gasteiger partial charge in [-0.25, -0.2) is 13.1 Å². The van der Waals surface area contributed by atoms with E-state index >= 15 is 0 Å². The van der Waals surface area contributed by atoms with E-state index in [0.717, 1.165) is 6.54 Å². The summed E-state index contributed by atoms with van der Waals surface area (Å²) in [6, 6.07) is -0.0333. The van der Waals surface area contributed by atoms with E-state index in [1.165, 1.54) is 0 Å². The van der Waals surface area contributed by atoms with Gasteiger partial charge >= 0.3 is 0 Å². The summed E-state index contributed by atoms with van der Waals surface area (Å²) >= 11 is 0. The van der Waals surface area contributed by atoms with Crippen molar-refractivity contribution in [3.8, 4) is 0 Å². The third-order valence-electron chi connectivity index (χ3n) is 1.61. The SMILES string of the molecule is CCNCC(C)S(=O)(=O)NC(C)C. The van der Waals surface area contributed by atoms with Crippen molar-refractivity contribution < 1.29 is 8.42 Å². The Balaban J connectivity index is 4.12. The van der Waals surface area contributed by atoms with Crippen LogP contribution in [0.25, 0.3) is 0 Å². The molecule has 0 spiro atoms. The Morgan fingerprint density at radius 2 is 1.77 bits per heavy atom. The molecule has 2 N–H and O–H groups in total. The highest BCUT2D eigenvalue weighted by Gasteiger charge is 2.20. The van der Waals surface area contributed by atoms with Gasteiger partial charge in [0.25, 0.3) is 0 Å². The van der Waals surface area contributed by atoms with E-state index in [9.17, 15) is 8.42 Å². The van der Waals surface area contributed by atoms with Crippen molar-refractivity contribution in [1.29, 1.82) is 0 Å². The minimum Gasteiger partial charge on any atom is -0.316 e. The fourth-order valence-corrected chi connectivity index (χ4v) is 2.13. The predicted molar refractivity (Wildman–Crippen MR) is 55.2 cm³/mol. The molecule has 1 unspecified atom stereocenters. The van der Waals surface area contributed by atoms with Gasteiger partial charge in [-0.2, -0.15) is 0 Å². The van der Waals surface area contributed by atoms with Crippen molar-refractivity contribution in [3.63, 3.8) is 0 Å². The first kappa shape index (κ1) is 12.9. The number of rotatable bonds is 6. The molecule has 0 aromatic heterocycles. The minimum absolute atomic E-state index is 0.0333. The first-order chi connectivity index (χ1) is 5.90. The van der Waals surface area contributed by atoms with E-state index in [-0.39, 0.29) is 11.3 Å². The molecule has 80 valence electrons. The molecule has 5 heteroatoms. The van der Waals surface area contributed by atoms with Crippen molar-refractivity contribution >= 4 is 10.0 Å². The third-order valence-corrected chi connectivity index (χ3v) is 3.64. The van der Waals surface area contributed by atoms with Crippen molar-refractivity contribution in [3.05, 3.63) is 0 Å². The molecule has 0 heterocycles. The van der Waals surface area contributed by atoms with Gasteiger partial charge in [0.2, 0.25) is 10.0 Å². The van der Waals surface area contributed by atoms with Gasteiger partial charge in [-0.3, -0.25) is 0 Å². The van der Waals surface area contributed by atoms with Crippen LogP contribution in [0.15, 0.2) is 0 Å². The highest BCUT2D eigenvalue weighted by atomic mass is 32.2. The Kier molecular flexibility index (Phi) is 5.51. The molecule has 4 nitrogen and oxygen atoms in total. The molecule has 0 radical (unpaired) electrons. The van der Waals surface area contributed by atoms with E-state index in [0.29, 0.717) is 6.54 Å². The molecule has 0 amide bonds. The zero-order chi connectivity index (χ0) is 10.5. The topological polar surface area (TPSA) is 58.2 Å². The lowest BCUT2D eigenvalue weighted by Gasteiger charge is -2.15. The molecule has 13 heavy (non-hydrogen) atoms. The second kappa shape index (κ2) is 5.57. The van der Waals surface area contributed by atoms with Crippen molar-refractivity contribution in [2.24, 2.45) is 0 Å². The van der Waals surface area contributed by atoms with Crippen LogP contribution in [0.3, 0.4) is 0 Å². The summed E-state index contributed by atoms with van der Waals surface area (Å²) in [5.41, 5.74) is 0. The molecule has 0 saturated carbocycles. The molecule has 0 aliphatic rings. The van der Waals surface area contributed by atoms with Gasteiger partial charge in [0.05, 0.1) is 5.25 Å². The zero-order valence-corrected chi connectivity index (χ0v) is 9.61. The maximum atomic E-state index is 11.5. The molecule has 0 aromatic rings. The molecule has 0 aliphatic heterocycles. The van der Waals surface area contributed by atoms with Crippen LogP contribution in [0.1, 0.15) is 27.7 Å². The van der Waals surface area contributed by atoms with Crippen LogP contribution >= 0.6 is 0 Å². The third kappa shape index (κ3) is 5.23. The smallest absolute Gasteiger partial charge is 0.215 e. The van der Waals surface area contributed by atoms with Gasteiger partial charge < -0.3 is 5.32 Å². The summed E-state index contributed by atoms with van der Waals surface area (Å²) in [6.45, 7) is 8.58. The molecule has 1 atom stereocenters. The second-order valence-corrected chi connectivity index (χ2v) is 5.57. The summed E-state index contributed by atoms with van der Waals surface area (Å²) < 4.78 is 25.6. The van der Waals surface area contributed by atoms with E-state index in [1.807, 2.05) is 20.8 Å². The van der Waals surface area contributed by atoms with E-state index < -0.39 is 10.0 Å². The second-order valence-electron chi connectivity index (χ2n) is 3.44. The first-order valence-corrected chi connectivity index (χ1v) is 6.16. The van der Waals surface area contributed by atoms with Gasteiger partial charge in [-0.05, 0) is 27.3 Å². The average Bonchev–Trinajstić information content (AvgIpc) is 1.97. The Hall–Kier alpha value is -0.130. The van der Waals surface area contributed by atoms with Gasteiger partial charge in [0.1, 0.15) is 0 Å². The normalized spacial score (nSPS) is 14.8. The van der Waals surface area contributed by atoms with Crippen LogP contribution in [-0.4, -0.2) is 32.8 Å². The maximum absolute atomic E-state index is 11.5. The van der Waals surface area contributed by atoms with Gasteiger partial charge in [0.15, 0.2) is 0 Å². The lowest BCUT2D eigenvalue weighted by Crippen LogP contribution is -2.41. The summed E-state index contributed by atoms with van der Waals surface area (Å²) in [6.07, 6.45) is 0. The van der Waals surface area contributed by atoms with Crippen LogP contribution in [0.5, 0.6) is 0 Å². The Bertz CT molecular complexity index is 224. The summed E-state index contributed by atoms with van der Waals surface area (Å²) in [7, 11) is -3.14. The van der Waals surface area contributed by atoms with Crippen LogP contribution in [0.2, 0.25) is 0 Å². The largest absolute Gasteiger partial charge is 0.316 e. The van der Waals surface area contributed by atoms with Crippen molar-refractivity contribution in [2.75, 3.05) is 13.1 Å². The molecule has 0 fully saturated rings. The molecule has 0 aliphatic carbocycles. The van der Waals surface area contributed by atoms with E-state index in [4.69, 9.17) is 0 Å². The van der Waals surface area contributed by atoms with Crippen molar-refractivity contribution in [2.45, 2.75) is 39.0 Å². The zero-order valence-electron chi connectivity index (χ0n) is 8.79. The molecular weight excluding hydrogens is 188 g/mol. The number of nitrogens with one attached hydrogen (secondary N) is 2. The molecule has 0 rings (SSSR count). The van der Waals surface area contributed by atoms with Gasteiger partial charge in [0, 0.05) is 12.6 Å². The maximum Gasteiger partial charge on any atom is 0.215 e. The fraction of sp³-hybridized carbons (Fsp3) is 1.00.